The first-order chi connectivity index (χ1) is 13.0. The summed E-state index contributed by atoms with van der Waals surface area (Å²) >= 11 is 0. The van der Waals surface area contributed by atoms with Gasteiger partial charge in [-0.05, 0) is 49.2 Å². The van der Waals surface area contributed by atoms with E-state index in [0.29, 0.717) is 37.2 Å². The number of carbonyl (C=O) groups is 1. The van der Waals surface area contributed by atoms with E-state index >= 15 is 0 Å². The number of rotatable bonds is 5. The zero-order valence-electron chi connectivity index (χ0n) is 15.3. The summed E-state index contributed by atoms with van der Waals surface area (Å²) in [6.45, 7) is 0.744. The Kier molecular flexibility index (Phi) is 5.65. The highest BCUT2D eigenvalue weighted by atomic mass is 32.2. The second-order valence-corrected chi connectivity index (χ2v) is 8.50. The van der Waals surface area contributed by atoms with Crippen LogP contribution in [0, 0.1) is 0 Å². The summed E-state index contributed by atoms with van der Waals surface area (Å²) in [6.07, 6.45) is 2.34. The maximum absolute atomic E-state index is 12.9. The van der Waals surface area contributed by atoms with E-state index < -0.39 is 15.1 Å². The smallest absolute Gasteiger partial charge is 0.259 e. The molecule has 1 amide bonds. The molecular formula is C19H22N2O5S. The lowest BCUT2D eigenvalue weighted by molar-refractivity contribution is 0.0721. The Morgan fingerprint density at radius 1 is 1.07 bits per heavy atom. The Morgan fingerprint density at radius 3 is 2.33 bits per heavy atom. The lowest BCUT2D eigenvalue weighted by Gasteiger charge is -2.32. The number of amides is 1. The number of pyridine rings is 1. The van der Waals surface area contributed by atoms with Crippen molar-refractivity contribution in [3.8, 4) is 11.6 Å². The molecule has 0 spiro atoms. The normalized spacial score (nSPS) is 15.4. The number of aromatic nitrogens is 1. The largest absolute Gasteiger partial charge is 0.497 e. The summed E-state index contributed by atoms with van der Waals surface area (Å²) in [6, 6.07) is 9.74. The lowest BCUT2D eigenvalue weighted by atomic mass is 10.1. The molecule has 1 aliphatic heterocycles. The van der Waals surface area contributed by atoms with Gasteiger partial charge >= 0.3 is 0 Å². The SMILES string of the molecule is COc1ccc(S(=O)(=O)C2CCN(C(=O)c3cccnc3OC)CC2)cc1. The van der Waals surface area contributed by atoms with Gasteiger partial charge in [-0.25, -0.2) is 13.4 Å². The van der Waals surface area contributed by atoms with Crippen molar-refractivity contribution in [2.45, 2.75) is 23.0 Å². The maximum atomic E-state index is 12.9. The summed E-state index contributed by atoms with van der Waals surface area (Å²) in [5, 5.41) is -0.509. The molecule has 0 aliphatic carbocycles. The Bertz CT molecular complexity index is 904. The first-order valence-electron chi connectivity index (χ1n) is 8.63. The predicted octanol–water partition coefficient (Wildman–Crippen LogP) is 2.18. The average Bonchev–Trinajstić information content (AvgIpc) is 2.73. The van der Waals surface area contributed by atoms with Crippen molar-refractivity contribution in [2.75, 3.05) is 27.3 Å². The van der Waals surface area contributed by atoms with Crippen molar-refractivity contribution in [2.24, 2.45) is 0 Å². The minimum absolute atomic E-state index is 0.194. The summed E-state index contributed by atoms with van der Waals surface area (Å²) in [7, 11) is -0.444. The fourth-order valence-corrected chi connectivity index (χ4v) is 4.95. The molecule has 3 rings (SSSR count). The molecule has 0 N–H and O–H groups in total. The summed E-state index contributed by atoms with van der Waals surface area (Å²) in [5.41, 5.74) is 0.386. The molecule has 1 aromatic carbocycles. The van der Waals surface area contributed by atoms with Crippen LogP contribution in [0.5, 0.6) is 11.6 Å². The number of piperidine rings is 1. The number of carbonyl (C=O) groups excluding carboxylic acids is 1. The number of sulfone groups is 1. The Balaban J connectivity index is 1.70. The molecule has 2 aromatic rings. The van der Waals surface area contributed by atoms with Crippen LogP contribution in [0.15, 0.2) is 47.5 Å². The van der Waals surface area contributed by atoms with Gasteiger partial charge in [-0.3, -0.25) is 4.79 Å². The average molecular weight is 390 g/mol. The molecule has 0 radical (unpaired) electrons. The maximum Gasteiger partial charge on any atom is 0.259 e. The van der Waals surface area contributed by atoms with Crippen LogP contribution in [0.2, 0.25) is 0 Å². The molecule has 0 saturated carbocycles. The van der Waals surface area contributed by atoms with Gasteiger partial charge in [0.25, 0.3) is 5.91 Å². The molecule has 2 heterocycles. The van der Waals surface area contributed by atoms with E-state index in [-0.39, 0.29) is 16.7 Å². The molecule has 1 fully saturated rings. The van der Waals surface area contributed by atoms with E-state index in [4.69, 9.17) is 9.47 Å². The highest BCUT2D eigenvalue weighted by Crippen LogP contribution is 2.27. The third-order valence-electron chi connectivity index (χ3n) is 4.75. The lowest BCUT2D eigenvalue weighted by Crippen LogP contribution is -2.42. The molecule has 144 valence electrons. The Hall–Kier alpha value is -2.61. The first kappa shape index (κ1) is 19.2. The van der Waals surface area contributed by atoms with E-state index in [0.717, 1.165) is 0 Å². The van der Waals surface area contributed by atoms with E-state index in [9.17, 15) is 13.2 Å². The summed E-state index contributed by atoms with van der Waals surface area (Å²) < 4.78 is 35.9. The monoisotopic (exact) mass is 390 g/mol. The molecule has 0 unspecified atom stereocenters. The molecule has 0 bridgehead atoms. The van der Waals surface area contributed by atoms with Gasteiger partial charge in [-0.2, -0.15) is 0 Å². The Labute approximate surface area is 158 Å². The number of likely N-dealkylation sites (tertiary alicyclic amines) is 1. The number of hydrogen-bond acceptors (Lipinski definition) is 6. The van der Waals surface area contributed by atoms with Crippen molar-refractivity contribution in [1.29, 1.82) is 0 Å². The van der Waals surface area contributed by atoms with E-state index in [1.807, 2.05) is 0 Å². The van der Waals surface area contributed by atoms with Crippen LogP contribution in [0.25, 0.3) is 0 Å². The zero-order chi connectivity index (χ0) is 19.4. The van der Waals surface area contributed by atoms with Gasteiger partial charge in [0.2, 0.25) is 5.88 Å². The minimum atomic E-state index is -3.44. The quantitative estimate of drug-likeness (QED) is 0.778. The van der Waals surface area contributed by atoms with Crippen molar-refractivity contribution < 1.29 is 22.7 Å². The number of ether oxygens (including phenoxy) is 2. The number of hydrogen-bond donors (Lipinski definition) is 0. The third-order valence-corrected chi connectivity index (χ3v) is 7.03. The van der Waals surface area contributed by atoms with Crippen molar-refractivity contribution in [3.63, 3.8) is 0 Å². The van der Waals surface area contributed by atoms with Gasteiger partial charge in [0.1, 0.15) is 11.3 Å². The van der Waals surface area contributed by atoms with Crippen molar-refractivity contribution >= 4 is 15.7 Å². The molecule has 27 heavy (non-hydrogen) atoms. The van der Waals surface area contributed by atoms with Crippen LogP contribution in [0.1, 0.15) is 23.2 Å². The van der Waals surface area contributed by atoms with Gasteiger partial charge in [-0.15, -0.1) is 0 Å². The first-order valence-corrected chi connectivity index (χ1v) is 10.2. The standard InChI is InChI=1S/C19H22N2O5S/c1-25-14-5-7-15(8-6-14)27(23,24)16-9-12-21(13-10-16)19(22)17-4-3-11-20-18(17)26-2/h3-8,11,16H,9-10,12-13H2,1-2H3. The molecule has 1 aromatic heterocycles. The van der Waals surface area contributed by atoms with Gasteiger partial charge in [0.15, 0.2) is 9.84 Å². The van der Waals surface area contributed by atoms with E-state index in [2.05, 4.69) is 4.98 Å². The van der Waals surface area contributed by atoms with Crippen LogP contribution in [0.3, 0.4) is 0 Å². The fraction of sp³-hybridized carbons (Fsp3) is 0.368. The van der Waals surface area contributed by atoms with Crippen LogP contribution in [-0.4, -0.2) is 56.8 Å². The molecule has 1 aliphatic rings. The van der Waals surface area contributed by atoms with Gasteiger partial charge in [-0.1, -0.05) is 0 Å². The number of benzene rings is 1. The molecule has 0 atom stereocenters. The van der Waals surface area contributed by atoms with Gasteiger partial charge < -0.3 is 14.4 Å². The predicted molar refractivity (Wildman–Crippen MR) is 99.9 cm³/mol. The summed E-state index contributed by atoms with van der Waals surface area (Å²) in [4.78, 5) is 18.7. The van der Waals surface area contributed by atoms with Crippen LogP contribution in [0.4, 0.5) is 0 Å². The van der Waals surface area contributed by atoms with Crippen molar-refractivity contribution in [3.05, 3.63) is 48.2 Å². The molecule has 8 heteroatoms. The number of nitrogens with zero attached hydrogens (tertiary/aromatic N) is 2. The fourth-order valence-electron chi connectivity index (χ4n) is 3.21. The van der Waals surface area contributed by atoms with Gasteiger partial charge in [0.05, 0.1) is 24.4 Å². The highest BCUT2D eigenvalue weighted by molar-refractivity contribution is 7.92. The highest BCUT2D eigenvalue weighted by Gasteiger charge is 2.33. The van der Waals surface area contributed by atoms with Crippen LogP contribution >= 0.6 is 0 Å². The van der Waals surface area contributed by atoms with Crippen LogP contribution in [-0.2, 0) is 9.84 Å². The second-order valence-electron chi connectivity index (χ2n) is 6.27. The third kappa shape index (κ3) is 3.90. The van der Waals surface area contributed by atoms with E-state index in [1.165, 1.54) is 14.2 Å². The van der Waals surface area contributed by atoms with E-state index in [1.54, 1.807) is 47.5 Å². The van der Waals surface area contributed by atoms with Crippen molar-refractivity contribution in [1.82, 2.24) is 9.88 Å². The summed E-state index contributed by atoms with van der Waals surface area (Å²) in [5.74, 6) is 0.690. The zero-order valence-corrected chi connectivity index (χ0v) is 16.1. The van der Waals surface area contributed by atoms with Gasteiger partial charge in [0, 0.05) is 19.3 Å². The molecule has 1 saturated heterocycles. The second kappa shape index (κ2) is 7.96. The topological polar surface area (TPSA) is 85.8 Å². The molecular weight excluding hydrogens is 368 g/mol. The minimum Gasteiger partial charge on any atom is -0.497 e. The Morgan fingerprint density at radius 2 is 1.74 bits per heavy atom. The number of methoxy groups -OCH3 is 2. The molecule has 7 nitrogen and oxygen atoms in total. The van der Waals surface area contributed by atoms with Crippen LogP contribution < -0.4 is 9.47 Å².